The van der Waals surface area contributed by atoms with Crippen LogP contribution in [0.3, 0.4) is 0 Å². The monoisotopic (exact) mass is 584 g/mol. The van der Waals surface area contributed by atoms with Gasteiger partial charge < -0.3 is 19.7 Å². The highest BCUT2D eigenvalue weighted by molar-refractivity contribution is 5.89. The Morgan fingerprint density at radius 1 is 0.605 bits per heavy atom. The predicted octanol–water partition coefficient (Wildman–Crippen LogP) is 9.73. The molecule has 3 aromatic carbocycles. The largest absolute Gasteiger partial charge is 0.496 e. The van der Waals surface area contributed by atoms with E-state index in [4.69, 9.17) is 14.6 Å². The Kier molecular flexibility index (Phi) is 14.1. The standard InChI is InChI=1S/C37H44O6/c1-3-4-5-6-7-8-9-10-11-12-25-43-35-27-32(23-17-28-13-19-30(20-14-28)36(38)39)34(42-2)26-33(35)24-18-29-15-21-31(22-16-29)37(40)41/h13-24,26-27H,3-12,25H2,1-2H3,(H,38,39)(H,40,41)/b23-17+,24-18+. The van der Waals surface area contributed by atoms with Gasteiger partial charge in [0, 0.05) is 11.1 Å². The van der Waals surface area contributed by atoms with Crippen molar-refractivity contribution in [2.75, 3.05) is 13.7 Å². The smallest absolute Gasteiger partial charge is 0.335 e. The van der Waals surface area contributed by atoms with E-state index in [0.717, 1.165) is 40.8 Å². The average Bonchev–Trinajstić information content (AvgIpc) is 3.02. The molecule has 3 aromatic rings. The Balaban J connectivity index is 1.72. The Labute approximate surface area is 255 Å². The van der Waals surface area contributed by atoms with Crippen LogP contribution in [0.25, 0.3) is 24.3 Å². The van der Waals surface area contributed by atoms with Crippen LogP contribution in [0.15, 0.2) is 60.7 Å². The molecule has 0 heterocycles. The second-order valence-corrected chi connectivity index (χ2v) is 10.7. The van der Waals surface area contributed by atoms with Crippen LogP contribution in [0, 0.1) is 0 Å². The van der Waals surface area contributed by atoms with Crippen LogP contribution < -0.4 is 9.47 Å². The van der Waals surface area contributed by atoms with Gasteiger partial charge in [-0.25, -0.2) is 9.59 Å². The minimum Gasteiger partial charge on any atom is -0.496 e. The van der Waals surface area contributed by atoms with Crippen LogP contribution in [0.2, 0.25) is 0 Å². The van der Waals surface area contributed by atoms with Gasteiger partial charge in [0.05, 0.1) is 24.8 Å². The van der Waals surface area contributed by atoms with E-state index in [-0.39, 0.29) is 11.1 Å². The lowest BCUT2D eigenvalue weighted by Gasteiger charge is -2.14. The number of hydrogen-bond acceptors (Lipinski definition) is 4. The summed E-state index contributed by atoms with van der Waals surface area (Å²) in [5, 5.41) is 18.3. The van der Waals surface area contributed by atoms with Crippen molar-refractivity contribution in [3.63, 3.8) is 0 Å². The third-order valence-corrected chi connectivity index (χ3v) is 7.34. The minimum atomic E-state index is -0.956. The number of aromatic carboxylic acids is 2. The summed E-state index contributed by atoms with van der Waals surface area (Å²) < 4.78 is 12.0. The molecule has 0 aliphatic rings. The number of hydrogen-bond donors (Lipinski definition) is 2. The van der Waals surface area contributed by atoms with Crippen molar-refractivity contribution in [3.05, 3.63) is 94.0 Å². The molecule has 228 valence electrons. The Bertz CT molecular complexity index is 1350. The van der Waals surface area contributed by atoms with E-state index in [0.29, 0.717) is 12.4 Å². The van der Waals surface area contributed by atoms with E-state index >= 15 is 0 Å². The molecular weight excluding hydrogens is 540 g/mol. The number of benzene rings is 3. The van der Waals surface area contributed by atoms with E-state index in [1.807, 2.05) is 36.4 Å². The quantitative estimate of drug-likeness (QED) is 0.108. The van der Waals surface area contributed by atoms with Gasteiger partial charge in [0.25, 0.3) is 0 Å². The average molecular weight is 585 g/mol. The zero-order valence-electron chi connectivity index (χ0n) is 25.4. The molecule has 0 saturated carbocycles. The first-order valence-electron chi connectivity index (χ1n) is 15.3. The van der Waals surface area contributed by atoms with E-state index in [1.165, 1.54) is 51.4 Å². The lowest BCUT2D eigenvalue weighted by atomic mass is 10.0. The molecule has 0 aliphatic carbocycles. The lowest BCUT2D eigenvalue weighted by Crippen LogP contribution is -2.00. The summed E-state index contributed by atoms with van der Waals surface area (Å²) in [6, 6.07) is 17.3. The Morgan fingerprint density at radius 2 is 1.02 bits per heavy atom. The molecule has 0 amide bonds. The maximum Gasteiger partial charge on any atom is 0.335 e. The van der Waals surface area contributed by atoms with E-state index in [1.54, 1.807) is 55.6 Å². The molecule has 0 aromatic heterocycles. The highest BCUT2D eigenvalue weighted by Gasteiger charge is 2.10. The number of unbranched alkanes of at least 4 members (excludes halogenated alkanes) is 9. The number of rotatable bonds is 19. The molecule has 0 atom stereocenters. The summed E-state index contributed by atoms with van der Waals surface area (Å²) in [5.41, 5.74) is 3.92. The fourth-order valence-electron chi connectivity index (χ4n) is 4.77. The number of carbonyl (C=O) groups is 2. The molecule has 0 aliphatic heterocycles. The zero-order valence-corrected chi connectivity index (χ0v) is 25.4. The first-order chi connectivity index (χ1) is 20.9. The van der Waals surface area contributed by atoms with Gasteiger partial charge in [0.2, 0.25) is 0 Å². The fourth-order valence-corrected chi connectivity index (χ4v) is 4.77. The summed E-state index contributed by atoms with van der Waals surface area (Å²) in [5.74, 6) is -0.506. The van der Waals surface area contributed by atoms with Gasteiger partial charge in [-0.2, -0.15) is 0 Å². The lowest BCUT2D eigenvalue weighted by molar-refractivity contribution is 0.0686. The molecular formula is C37H44O6. The van der Waals surface area contributed by atoms with Crippen molar-refractivity contribution in [3.8, 4) is 11.5 Å². The third kappa shape index (κ3) is 11.5. The van der Waals surface area contributed by atoms with Gasteiger partial charge in [-0.1, -0.05) is 113 Å². The molecule has 0 saturated heterocycles. The predicted molar refractivity (Wildman–Crippen MR) is 175 cm³/mol. The highest BCUT2D eigenvalue weighted by Crippen LogP contribution is 2.32. The number of carboxylic acid groups (broad SMARTS) is 2. The van der Waals surface area contributed by atoms with Crippen LogP contribution in [0.1, 0.15) is 114 Å². The van der Waals surface area contributed by atoms with Gasteiger partial charge in [-0.3, -0.25) is 0 Å². The van der Waals surface area contributed by atoms with Gasteiger partial charge in [0.1, 0.15) is 11.5 Å². The van der Waals surface area contributed by atoms with Crippen LogP contribution in [-0.2, 0) is 0 Å². The first-order valence-corrected chi connectivity index (χ1v) is 15.3. The molecule has 0 spiro atoms. The second-order valence-electron chi connectivity index (χ2n) is 10.7. The minimum absolute atomic E-state index is 0.242. The van der Waals surface area contributed by atoms with Crippen molar-refractivity contribution in [2.45, 2.75) is 71.1 Å². The molecule has 6 heteroatoms. The summed E-state index contributed by atoms with van der Waals surface area (Å²) in [6.07, 6.45) is 20.3. The number of ether oxygens (including phenoxy) is 2. The first kappa shape index (κ1) is 33.2. The molecule has 0 fully saturated rings. The summed E-state index contributed by atoms with van der Waals surface area (Å²) in [7, 11) is 1.62. The molecule has 43 heavy (non-hydrogen) atoms. The van der Waals surface area contributed by atoms with Crippen LogP contribution in [0.5, 0.6) is 11.5 Å². The second kappa shape index (κ2) is 18.3. The zero-order chi connectivity index (χ0) is 30.9. The summed E-state index contributed by atoms with van der Waals surface area (Å²) in [4.78, 5) is 22.4. The number of methoxy groups -OCH3 is 1. The van der Waals surface area contributed by atoms with E-state index in [2.05, 4.69) is 6.92 Å². The van der Waals surface area contributed by atoms with Gasteiger partial charge in [0.15, 0.2) is 0 Å². The van der Waals surface area contributed by atoms with Crippen LogP contribution >= 0.6 is 0 Å². The highest BCUT2D eigenvalue weighted by atomic mass is 16.5. The van der Waals surface area contributed by atoms with Crippen LogP contribution in [-0.4, -0.2) is 35.9 Å². The summed E-state index contributed by atoms with van der Waals surface area (Å²) >= 11 is 0. The topological polar surface area (TPSA) is 93.1 Å². The van der Waals surface area contributed by atoms with Crippen molar-refractivity contribution < 1.29 is 29.3 Å². The Morgan fingerprint density at radius 3 is 1.47 bits per heavy atom. The van der Waals surface area contributed by atoms with Crippen LogP contribution in [0.4, 0.5) is 0 Å². The summed E-state index contributed by atoms with van der Waals surface area (Å²) in [6.45, 7) is 2.85. The number of carboxylic acids is 2. The Hall–Kier alpha value is -4.32. The van der Waals surface area contributed by atoms with Gasteiger partial charge in [-0.15, -0.1) is 0 Å². The molecule has 6 nitrogen and oxygen atoms in total. The third-order valence-electron chi connectivity index (χ3n) is 7.34. The molecule has 3 rings (SSSR count). The molecule has 0 bridgehead atoms. The SMILES string of the molecule is CCCCCCCCCCCCOc1cc(/C=C/c2ccc(C(=O)O)cc2)c(OC)cc1/C=C/c1ccc(C(=O)O)cc1. The fraction of sp³-hybridized carbons (Fsp3) is 0.351. The van der Waals surface area contributed by atoms with E-state index < -0.39 is 11.9 Å². The van der Waals surface area contributed by atoms with Crippen molar-refractivity contribution in [1.82, 2.24) is 0 Å². The molecule has 0 unspecified atom stereocenters. The normalized spacial score (nSPS) is 11.3. The molecule has 2 N–H and O–H groups in total. The van der Waals surface area contributed by atoms with Crippen molar-refractivity contribution >= 4 is 36.2 Å². The van der Waals surface area contributed by atoms with Crippen molar-refractivity contribution in [1.29, 1.82) is 0 Å². The molecule has 0 radical (unpaired) electrons. The van der Waals surface area contributed by atoms with Gasteiger partial charge in [-0.05, 0) is 53.9 Å². The van der Waals surface area contributed by atoms with Gasteiger partial charge >= 0.3 is 11.9 Å². The van der Waals surface area contributed by atoms with Crippen molar-refractivity contribution in [2.24, 2.45) is 0 Å². The van der Waals surface area contributed by atoms with E-state index in [9.17, 15) is 14.7 Å². The maximum atomic E-state index is 11.2. The maximum absolute atomic E-state index is 11.2.